The Bertz CT molecular complexity index is 920. The SMILES string of the molecule is CCCNC(=O)c1cnn2c1N[C@@H](c1cc(OC)c(OC)c(OC)c1)C[C@@H]2C(F)(F)F. The van der Waals surface area contributed by atoms with Gasteiger partial charge in [-0.05, 0) is 24.1 Å². The van der Waals surface area contributed by atoms with Crippen LogP contribution in [0.5, 0.6) is 17.2 Å². The highest BCUT2D eigenvalue weighted by atomic mass is 19.4. The Balaban J connectivity index is 2.06. The molecule has 0 unspecified atom stereocenters. The van der Waals surface area contributed by atoms with Crippen LogP contribution in [-0.4, -0.2) is 49.7 Å². The summed E-state index contributed by atoms with van der Waals surface area (Å²) in [5.74, 6) is 0.508. The Morgan fingerprint density at radius 1 is 1.23 bits per heavy atom. The summed E-state index contributed by atoms with van der Waals surface area (Å²) in [5, 5.41) is 9.58. The minimum atomic E-state index is -4.56. The van der Waals surface area contributed by atoms with E-state index in [0.717, 1.165) is 10.9 Å². The zero-order valence-corrected chi connectivity index (χ0v) is 17.7. The van der Waals surface area contributed by atoms with Gasteiger partial charge >= 0.3 is 6.18 Å². The monoisotopic (exact) mass is 442 g/mol. The van der Waals surface area contributed by atoms with E-state index in [4.69, 9.17) is 14.2 Å². The fourth-order valence-electron chi connectivity index (χ4n) is 3.58. The number of rotatable bonds is 7. The van der Waals surface area contributed by atoms with E-state index in [1.54, 1.807) is 12.1 Å². The molecular weight excluding hydrogens is 417 g/mol. The number of carbonyl (C=O) groups excluding carboxylic acids is 1. The van der Waals surface area contributed by atoms with Crippen molar-refractivity contribution < 1.29 is 32.2 Å². The highest BCUT2D eigenvalue weighted by Gasteiger charge is 2.47. The molecule has 0 saturated heterocycles. The molecule has 1 aliphatic rings. The number of hydrogen-bond donors (Lipinski definition) is 2. The van der Waals surface area contributed by atoms with Gasteiger partial charge in [-0.2, -0.15) is 18.3 Å². The van der Waals surface area contributed by atoms with Gasteiger partial charge in [-0.1, -0.05) is 6.92 Å². The van der Waals surface area contributed by atoms with Crippen LogP contribution in [0.3, 0.4) is 0 Å². The first kappa shape index (κ1) is 22.6. The number of nitrogens with zero attached hydrogens (tertiary/aromatic N) is 2. The van der Waals surface area contributed by atoms with E-state index in [-0.39, 0.29) is 17.8 Å². The zero-order valence-electron chi connectivity index (χ0n) is 17.7. The van der Waals surface area contributed by atoms with Crippen LogP contribution in [0.4, 0.5) is 19.0 Å². The predicted molar refractivity (Wildman–Crippen MR) is 107 cm³/mol. The summed E-state index contributed by atoms with van der Waals surface area (Å²) in [5.41, 5.74) is 0.552. The highest BCUT2D eigenvalue weighted by Crippen LogP contribution is 2.47. The Kier molecular flexibility index (Phi) is 6.51. The van der Waals surface area contributed by atoms with E-state index in [1.165, 1.54) is 21.3 Å². The largest absolute Gasteiger partial charge is 0.493 e. The molecule has 31 heavy (non-hydrogen) atoms. The summed E-state index contributed by atoms with van der Waals surface area (Å²) in [6.07, 6.45) is -3.03. The lowest BCUT2D eigenvalue weighted by Crippen LogP contribution is -2.36. The van der Waals surface area contributed by atoms with E-state index in [0.29, 0.717) is 35.8 Å². The predicted octanol–water partition coefficient (Wildman–Crippen LogP) is 3.71. The summed E-state index contributed by atoms with van der Waals surface area (Å²) >= 11 is 0. The van der Waals surface area contributed by atoms with Crippen molar-refractivity contribution in [3.8, 4) is 17.2 Å². The third kappa shape index (κ3) is 4.35. The highest BCUT2D eigenvalue weighted by molar-refractivity contribution is 5.98. The fraction of sp³-hybridized carbons (Fsp3) is 0.500. The number of aromatic nitrogens is 2. The molecule has 170 valence electrons. The molecule has 2 aromatic rings. The topological polar surface area (TPSA) is 86.6 Å². The van der Waals surface area contributed by atoms with Gasteiger partial charge < -0.3 is 24.8 Å². The number of halogens is 3. The van der Waals surface area contributed by atoms with Gasteiger partial charge in [0.05, 0.1) is 33.6 Å². The molecule has 0 spiro atoms. The number of methoxy groups -OCH3 is 3. The molecule has 2 N–H and O–H groups in total. The zero-order chi connectivity index (χ0) is 22.8. The van der Waals surface area contributed by atoms with Crippen molar-refractivity contribution in [2.24, 2.45) is 0 Å². The summed E-state index contributed by atoms with van der Waals surface area (Å²) in [4.78, 5) is 12.5. The maximum absolute atomic E-state index is 13.9. The van der Waals surface area contributed by atoms with E-state index >= 15 is 0 Å². The minimum Gasteiger partial charge on any atom is -0.493 e. The normalized spacial score (nSPS) is 18.0. The molecule has 11 heteroatoms. The first-order chi connectivity index (χ1) is 14.7. The molecule has 3 rings (SSSR count). The summed E-state index contributed by atoms with van der Waals surface area (Å²) < 4.78 is 58.4. The van der Waals surface area contributed by atoms with Gasteiger partial charge in [0.2, 0.25) is 5.75 Å². The summed E-state index contributed by atoms with van der Waals surface area (Å²) in [6.45, 7) is 2.29. The van der Waals surface area contributed by atoms with Crippen LogP contribution in [0.25, 0.3) is 0 Å². The standard InChI is InChI=1S/C20H25F3N4O4/c1-5-6-24-19(28)12-10-25-27-16(20(21,22)23)9-13(26-18(12)27)11-7-14(29-2)17(31-4)15(8-11)30-3/h7-8,10,13,16,26H,5-6,9H2,1-4H3,(H,24,28)/t13-,16-/m1/s1. The number of hydrogen-bond acceptors (Lipinski definition) is 6. The van der Waals surface area contributed by atoms with Gasteiger partial charge in [-0.15, -0.1) is 0 Å². The number of anilines is 1. The fourth-order valence-corrected chi connectivity index (χ4v) is 3.58. The smallest absolute Gasteiger partial charge is 0.410 e. The maximum Gasteiger partial charge on any atom is 0.410 e. The van der Waals surface area contributed by atoms with Gasteiger partial charge in [0.1, 0.15) is 11.4 Å². The molecule has 1 aromatic carbocycles. The number of nitrogens with one attached hydrogen (secondary N) is 2. The second kappa shape index (κ2) is 8.94. The van der Waals surface area contributed by atoms with Gasteiger partial charge in [0, 0.05) is 13.0 Å². The van der Waals surface area contributed by atoms with Crippen molar-refractivity contribution in [2.45, 2.75) is 38.0 Å². The molecule has 0 bridgehead atoms. The first-order valence-corrected chi connectivity index (χ1v) is 9.73. The molecule has 0 saturated carbocycles. The maximum atomic E-state index is 13.9. The average Bonchev–Trinajstić information content (AvgIpc) is 3.18. The number of fused-ring (bicyclic) bond motifs is 1. The third-order valence-corrected chi connectivity index (χ3v) is 5.11. The van der Waals surface area contributed by atoms with Gasteiger partial charge in [-0.3, -0.25) is 4.79 Å². The quantitative estimate of drug-likeness (QED) is 0.680. The summed E-state index contributed by atoms with van der Waals surface area (Å²) in [6, 6.07) is 0.507. The van der Waals surface area contributed by atoms with Crippen molar-refractivity contribution in [1.29, 1.82) is 0 Å². The van der Waals surface area contributed by atoms with Crippen molar-refractivity contribution >= 4 is 11.7 Å². The Morgan fingerprint density at radius 2 is 1.87 bits per heavy atom. The van der Waals surface area contributed by atoms with Crippen molar-refractivity contribution in [2.75, 3.05) is 33.2 Å². The van der Waals surface area contributed by atoms with Crippen molar-refractivity contribution in [1.82, 2.24) is 15.1 Å². The number of ether oxygens (including phenoxy) is 3. The van der Waals surface area contributed by atoms with Gasteiger partial charge in [0.25, 0.3) is 5.91 Å². The summed E-state index contributed by atoms with van der Waals surface area (Å²) in [7, 11) is 4.30. The molecule has 1 amide bonds. The third-order valence-electron chi connectivity index (χ3n) is 5.11. The Hall–Kier alpha value is -3.11. The first-order valence-electron chi connectivity index (χ1n) is 9.73. The van der Waals surface area contributed by atoms with E-state index < -0.39 is 24.2 Å². The lowest BCUT2D eigenvalue weighted by Gasteiger charge is -2.34. The van der Waals surface area contributed by atoms with E-state index in [1.807, 2.05) is 6.92 Å². The molecule has 8 nitrogen and oxygen atoms in total. The number of benzene rings is 1. The Morgan fingerprint density at radius 3 is 2.39 bits per heavy atom. The number of carbonyl (C=O) groups is 1. The lowest BCUT2D eigenvalue weighted by molar-refractivity contribution is -0.173. The van der Waals surface area contributed by atoms with Crippen LogP contribution >= 0.6 is 0 Å². The van der Waals surface area contributed by atoms with Crippen LogP contribution in [-0.2, 0) is 0 Å². The second-order valence-corrected chi connectivity index (χ2v) is 7.06. The molecule has 0 fully saturated rings. The molecule has 0 aliphatic carbocycles. The second-order valence-electron chi connectivity index (χ2n) is 7.06. The van der Waals surface area contributed by atoms with Crippen LogP contribution in [0.1, 0.15) is 47.8 Å². The van der Waals surface area contributed by atoms with Crippen LogP contribution in [0.15, 0.2) is 18.3 Å². The molecule has 1 aliphatic heterocycles. The van der Waals surface area contributed by atoms with Crippen LogP contribution in [0, 0.1) is 0 Å². The molecule has 2 atom stereocenters. The molecular formula is C20H25F3N4O4. The number of amides is 1. The average molecular weight is 442 g/mol. The van der Waals surface area contributed by atoms with E-state index in [9.17, 15) is 18.0 Å². The van der Waals surface area contributed by atoms with Crippen molar-refractivity contribution in [3.05, 3.63) is 29.5 Å². The van der Waals surface area contributed by atoms with Crippen molar-refractivity contribution in [3.63, 3.8) is 0 Å². The lowest BCUT2D eigenvalue weighted by atomic mass is 9.95. The van der Waals surface area contributed by atoms with Gasteiger partial charge in [-0.25, -0.2) is 4.68 Å². The van der Waals surface area contributed by atoms with E-state index in [2.05, 4.69) is 15.7 Å². The van der Waals surface area contributed by atoms with Crippen LogP contribution in [0.2, 0.25) is 0 Å². The number of alkyl halides is 3. The Labute approximate surface area is 177 Å². The molecule has 2 heterocycles. The minimum absolute atomic E-state index is 0.0147. The molecule has 1 aromatic heterocycles. The molecule has 0 radical (unpaired) electrons. The van der Waals surface area contributed by atoms with Gasteiger partial charge in [0.15, 0.2) is 17.5 Å². The van der Waals surface area contributed by atoms with Crippen LogP contribution < -0.4 is 24.8 Å².